The lowest BCUT2D eigenvalue weighted by atomic mass is 10.2. The van der Waals surface area contributed by atoms with Crippen LogP contribution in [0.15, 0.2) is 49.8 Å². The minimum atomic E-state index is -0.478. The van der Waals surface area contributed by atoms with Gasteiger partial charge in [-0.15, -0.1) is 0 Å². The van der Waals surface area contributed by atoms with E-state index in [2.05, 4.69) is 61.6 Å². The Hall–Kier alpha value is -4.57. The van der Waals surface area contributed by atoms with Crippen molar-refractivity contribution in [2.45, 2.75) is 12.6 Å². The topological polar surface area (TPSA) is 124 Å². The van der Waals surface area contributed by atoms with Crippen molar-refractivity contribution >= 4 is 11.9 Å². The highest BCUT2D eigenvalue weighted by Crippen LogP contribution is 2.19. The van der Waals surface area contributed by atoms with Crippen LogP contribution in [-0.2, 0) is 11.3 Å². The van der Waals surface area contributed by atoms with Crippen molar-refractivity contribution < 1.29 is 9.13 Å². The molecule has 0 aromatic carbocycles. The summed E-state index contributed by atoms with van der Waals surface area (Å²) in [6, 6.07) is 0.0465. The number of hydrogen-bond acceptors (Lipinski definition) is 11. The fourth-order valence-corrected chi connectivity index (χ4v) is 3.94. The van der Waals surface area contributed by atoms with Gasteiger partial charge in [0.1, 0.15) is 19.3 Å². The van der Waals surface area contributed by atoms with Crippen molar-refractivity contribution in [2.24, 2.45) is 0 Å². The van der Waals surface area contributed by atoms with E-state index in [0.717, 1.165) is 5.56 Å². The summed E-state index contributed by atoms with van der Waals surface area (Å²) in [6.07, 6.45) is 13.0. The zero-order valence-electron chi connectivity index (χ0n) is 20.1. The van der Waals surface area contributed by atoms with Gasteiger partial charge in [0.05, 0.1) is 42.1 Å². The Balaban J connectivity index is 1.22. The lowest BCUT2D eigenvalue weighted by Gasteiger charge is -2.40. The number of ether oxygens (including phenoxy) is 1. The molecule has 5 heterocycles. The second-order valence-corrected chi connectivity index (χ2v) is 8.18. The molecule has 12 nitrogen and oxygen atoms in total. The van der Waals surface area contributed by atoms with E-state index in [1.807, 2.05) is 0 Å². The Morgan fingerprint density at radius 3 is 2.30 bits per heavy atom. The van der Waals surface area contributed by atoms with Gasteiger partial charge in [-0.3, -0.25) is 4.68 Å². The van der Waals surface area contributed by atoms with Gasteiger partial charge in [0.2, 0.25) is 11.9 Å². The van der Waals surface area contributed by atoms with Crippen LogP contribution in [0.4, 0.5) is 16.3 Å². The number of rotatable bonds is 7. The summed E-state index contributed by atoms with van der Waals surface area (Å²) in [5.74, 6) is 7.84. The van der Waals surface area contributed by atoms with Crippen LogP contribution in [0.25, 0.3) is 11.4 Å². The van der Waals surface area contributed by atoms with E-state index in [1.165, 1.54) is 17.3 Å². The third kappa shape index (κ3) is 5.81. The zero-order valence-corrected chi connectivity index (χ0v) is 20.1. The van der Waals surface area contributed by atoms with E-state index in [9.17, 15) is 4.39 Å². The maximum Gasteiger partial charge on any atom is 0.228 e. The Kier molecular flexibility index (Phi) is 7.47. The van der Waals surface area contributed by atoms with Crippen molar-refractivity contribution in [3.63, 3.8) is 0 Å². The third-order valence-electron chi connectivity index (χ3n) is 5.71. The number of aryl methyl sites for hydroxylation is 1. The van der Waals surface area contributed by atoms with Gasteiger partial charge in [0.15, 0.2) is 5.82 Å². The van der Waals surface area contributed by atoms with E-state index in [1.54, 1.807) is 44.3 Å². The van der Waals surface area contributed by atoms with Gasteiger partial charge >= 0.3 is 0 Å². The van der Waals surface area contributed by atoms with E-state index < -0.39 is 6.67 Å². The number of nitrogens with zero attached hydrogens (tertiary/aromatic N) is 11. The van der Waals surface area contributed by atoms with Crippen LogP contribution in [0, 0.1) is 11.8 Å². The first-order valence-electron chi connectivity index (χ1n) is 11.6. The summed E-state index contributed by atoms with van der Waals surface area (Å²) in [6.45, 7) is 2.33. The largest absolute Gasteiger partial charge is 0.382 e. The van der Waals surface area contributed by atoms with E-state index in [-0.39, 0.29) is 12.6 Å². The highest BCUT2D eigenvalue weighted by Gasteiger charge is 2.30. The summed E-state index contributed by atoms with van der Waals surface area (Å²) in [7, 11) is 1.68. The Bertz CT molecular complexity index is 1350. The van der Waals surface area contributed by atoms with Gasteiger partial charge in [-0.1, -0.05) is 11.8 Å². The van der Waals surface area contributed by atoms with Crippen molar-refractivity contribution in [2.75, 3.05) is 49.8 Å². The molecule has 0 unspecified atom stereocenters. The van der Waals surface area contributed by atoms with Gasteiger partial charge in [0.25, 0.3) is 0 Å². The molecular formula is C24H24FN11O. The average molecular weight is 502 g/mol. The maximum absolute atomic E-state index is 12.5. The predicted octanol–water partition coefficient (Wildman–Crippen LogP) is 1.03. The number of halogens is 1. The van der Waals surface area contributed by atoms with Crippen LogP contribution in [0.5, 0.6) is 0 Å². The normalized spacial score (nSPS) is 15.4. The SMILES string of the molecule is COC[C@H]1CN(c2ncc(C#Cc3cnc(-c4cnn(CCF)c4)nc3)cn2)CCN1c1ncncn1. The Labute approximate surface area is 212 Å². The van der Waals surface area contributed by atoms with Gasteiger partial charge < -0.3 is 14.5 Å². The molecule has 1 aliphatic heterocycles. The molecule has 0 N–H and O–H groups in total. The Morgan fingerprint density at radius 2 is 1.62 bits per heavy atom. The Morgan fingerprint density at radius 1 is 0.919 bits per heavy atom. The summed E-state index contributed by atoms with van der Waals surface area (Å²) < 4.78 is 19.4. The van der Waals surface area contributed by atoms with Crippen LogP contribution < -0.4 is 9.80 Å². The van der Waals surface area contributed by atoms with E-state index in [0.29, 0.717) is 55.1 Å². The zero-order chi connectivity index (χ0) is 25.5. The molecule has 0 spiro atoms. The van der Waals surface area contributed by atoms with Crippen LogP contribution >= 0.6 is 0 Å². The van der Waals surface area contributed by atoms with Gasteiger partial charge in [-0.25, -0.2) is 39.3 Å². The molecule has 1 saturated heterocycles. The van der Waals surface area contributed by atoms with E-state index >= 15 is 0 Å². The molecule has 1 fully saturated rings. The highest BCUT2D eigenvalue weighted by atomic mass is 19.1. The average Bonchev–Trinajstić information content (AvgIpc) is 3.42. The summed E-state index contributed by atoms with van der Waals surface area (Å²) in [4.78, 5) is 34.4. The molecule has 4 aromatic heterocycles. The van der Waals surface area contributed by atoms with Crippen LogP contribution in [0.3, 0.4) is 0 Å². The van der Waals surface area contributed by atoms with Crippen LogP contribution in [0.2, 0.25) is 0 Å². The number of anilines is 2. The lowest BCUT2D eigenvalue weighted by Crippen LogP contribution is -2.56. The minimum absolute atomic E-state index is 0.0465. The maximum atomic E-state index is 12.5. The van der Waals surface area contributed by atoms with Gasteiger partial charge in [-0.2, -0.15) is 5.10 Å². The fourth-order valence-electron chi connectivity index (χ4n) is 3.94. The lowest BCUT2D eigenvalue weighted by molar-refractivity contribution is 0.173. The molecule has 1 aliphatic rings. The molecule has 188 valence electrons. The molecular weight excluding hydrogens is 477 g/mol. The summed E-state index contributed by atoms with van der Waals surface area (Å²) >= 11 is 0. The number of aromatic nitrogens is 9. The molecule has 37 heavy (non-hydrogen) atoms. The minimum Gasteiger partial charge on any atom is -0.382 e. The molecule has 1 atom stereocenters. The summed E-state index contributed by atoms with van der Waals surface area (Å²) in [5.41, 5.74) is 2.05. The third-order valence-corrected chi connectivity index (χ3v) is 5.71. The molecule has 0 radical (unpaired) electrons. The summed E-state index contributed by atoms with van der Waals surface area (Å²) in [5, 5.41) is 4.09. The number of alkyl halides is 1. The first-order valence-corrected chi connectivity index (χ1v) is 11.6. The monoisotopic (exact) mass is 501 g/mol. The number of piperazine rings is 1. The molecule has 4 aromatic rings. The molecule has 13 heteroatoms. The van der Waals surface area contributed by atoms with E-state index in [4.69, 9.17) is 4.74 Å². The first-order chi connectivity index (χ1) is 18.2. The predicted molar refractivity (Wildman–Crippen MR) is 132 cm³/mol. The molecule has 0 bridgehead atoms. The van der Waals surface area contributed by atoms with Crippen molar-refractivity contribution in [1.29, 1.82) is 0 Å². The van der Waals surface area contributed by atoms with Crippen LogP contribution in [-0.4, -0.2) is 90.7 Å². The second-order valence-electron chi connectivity index (χ2n) is 8.18. The van der Waals surface area contributed by atoms with Crippen LogP contribution in [0.1, 0.15) is 11.1 Å². The number of methoxy groups -OCH3 is 1. The molecule has 0 saturated carbocycles. The number of hydrogen-bond donors (Lipinski definition) is 0. The molecule has 0 aliphatic carbocycles. The molecule has 5 rings (SSSR count). The smallest absolute Gasteiger partial charge is 0.228 e. The van der Waals surface area contributed by atoms with Crippen molar-refractivity contribution in [3.05, 3.63) is 61.0 Å². The van der Waals surface area contributed by atoms with Gasteiger partial charge in [-0.05, 0) is 0 Å². The molecule has 0 amide bonds. The first kappa shape index (κ1) is 24.1. The van der Waals surface area contributed by atoms with Gasteiger partial charge in [0, 0.05) is 57.7 Å². The fraction of sp³-hybridized carbons (Fsp3) is 0.333. The standard InChI is InChI=1S/C24H24FN11O/c1-37-15-21-14-34(6-7-36(21)24-31-16-26-17-32-24)23-29-10-19(11-30-23)3-2-18-8-27-22(28-9-18)20-12-33-35(13-20)5-4-25/h8-13,16-17,21H,4-7,14-15H2,1H3/t21-/m1/s1. The highest BCUT2D eigenvalue weighted by molar-refractivity contribution is 5.52. The van der Waals surface area contributed by atoms with Crippen molar-refractivity contribution in [3.8, 4) is 23.2 Å². The van der Waals surface area contributed by atoms with Crippen molar-refractivity contribution in [1.82, 2.24) is 44.7 Å². The quantitative estimate of drug-likeness (QED) is 0.337. The second kappa shape index (κ2) is 11.4.